The maximum atomic E-state index is 12.1. The van der Waals surface area contributed by atoms with Gasteiger partial charge in [0.05, 0.1) is 16.8 Å². The first-order valence-corrected chi connectivity index (χ1v) is 8.66. The van der Waals surface area contributed by atoms with E-state index in [2.05, 4.69) is 10.3 Å². The lowest BCUT2D eigenvalue weighted by Crippen LogP contribution is -2.07. The molecule has 2 aromatic heterocycles. The van der Waals surface area contributed by atoms with Gasteiger partial charge in [-0.2, -0.15) is 0 Å². The van der Waals surface area contributed by atoms with Crippen molar-refractivity contribution < 1.29 is 13.6 Å². The summed E-state index contributed by atoms with van der Waals surface area (Å²) in [6.07, 6.45) is 4.54. The van der Waals surface area contributed by atoms with E-state index in [9.17, 15) is 4.79 Å². The molecule has 2 aromatic carbocycles. The Kier molecular flexibility index (Phi) is 4.52. The highest BCUT2D eigenvalue weighted by molar-refractivity contribution is 6.33. The lowest BCUT2D eigenvalue weighted by atomic mass is 10.2. The van der Waals surface area contributed by atoms with Crippen LogP contribution >= 0.6 is 11.6 Å². The van der Waals surface area contributed by atoms with E-state index >= 15 is 0 Å². The third-order valence-corrected chi connectivity index (χ3v) is 4.28. The van der Waals surface area contributed by atoms with Crippen molar-refractivity contribution in [3.8, 4) is 11.5 Å². The molecule has 6 heteroatoms. The minimum Gasteiger partial charge on any atom is -0.465 e. The van der Waals surface area contributed by atoms with Crippen LogP contribution in [-0.4, -0.2) is 10.9 Å². The summed E-state index contributed by atoms with van der Waals surface area (Å²) in [5, 5.41) is 3.28. The van der Waals surface area contributed by atoms with Crippen LogP contribution in [0.5, 0.6) is 0 Å². The molecule has 0 saturated carbocycles. The van der Waals surface area contributed by atoms with E-state index in [0.29, 0.717) is 33.5 Å². The molecule has 5 nitrogen and oxygen atoms in total. The summed E-state index contributed by atoms with van der Waals surface area (Å²) in [6.45, 7) is 1.99. The van der Waals surface area contributed by atoms with Gasteiger partial charge in [-0.1, -0.05) is 17.7 Å². The molecule has 0 bridgehead atoms. The second kappa shape index (κ2) is 7.13. The molecular weight excluding hydrogens is 364 g/mol. The zero-order valence-electron chi connectivity index (χ0n) is 14.4. The minimum absolute atomic E-state index is 0.284. The van der Waals surface area contributed by atoms with Gasteiger partial charge in [-0.15, -0.1) is 0 Å². The van der Waals surface area contributed by atoms with Crippen LogP contribution in [0.15, 0.2) is 69.7 Å². The van der Waals surface area contributed by atoms with Gasteiger partial charge >= 0.3 is 0 Å². The molecule has 0 aliphatic rings. The lowest BCUT2D eigenvalue weighted by Gasteiger charge is -2.05. The molecule has 0 saturated heterocycles. The summed E-state index contributed by atoms with van der Waals surface area (Å²) in [6, 6.07) is 14.4. The normalized spacial score (nSPS) is 11.3. The number of aryl methyl sites for hydroxylation is 1. The number of hydrogen-bond acceptors (Lipinski definition) is 4. The number of benzene rings is 2. The van der Waals surface area contributed by atoms with Gasteiger partial charge < -0.3 is 14.2 Å². The number of anilines is 1. The maximum Gasteiger partial charge on any atom is 0.248 e. The van der Waals surface area contributed by atoms with Gasteiger partial charge in [-0.05, 0) is 61.0 Å². The van der Waals surface area contributed by atoms with Crippen molar-refractivity contribution in [1.82, 2.24) is 4.98 Å². The molecule has 0 aliphatic carbocycles. The first-order chi connectivity index (χ1) is 13.1. The third-order valence-electron chi connectivity index (χ3n) is 3.95. The van der Waals surface area contributed by atoms with Crippen molar-refractivity contribution in [3.63, 3.8) is 0 Å². The number of furan rings is 1. The summed E-state index contributed by atoms with van der Waals surface area (Å²) >= 11 is 6.32. The number of fused-ring (bicyclic) bond motifs is 1. The second-order valence-corrected chi connectivity index (χ2v) is 6.43. The number of carbonyl (C=O) groups excluding carboxylic acids is 1. The highest BCUT2D eigenvalue weighted by Gasteiger charge is 2.13. The number of nitrogens with one attached hydrogen (secondary N) is 1. The average molecular weight is 379 g/mol. The summed E-state index contributed by atoms with van der Waals surface area (Å²) in [5.74, 6) is 0.722. The van der Waals surface area contributed by atoms with Crippen LogP contribution in [0.2, 0.25) is 5.02 Å². The number of halogens is 1. The molecule has 0 radical (unpaired) electrons. The number of nitrogens with zero attached hydrogens (tertiary/aromatic N) is 1. The van der Waals surface area contributed by atoms with E-state index in [-0.39, 0.29) is 5.91 Å². The van der Waals surface area contributed by atoms with Gasteiger partial charge in [-0.3, -0.25) is 4.79 Å². The number of rotatable bonds is 4. The molecule has 1 N–H and O–H groups in total. The van der Waals surface area contributed by atoms with Crippen molar-refractivity contribution in [2.45, 2.75) is 6.92 Å². The average Bonchev–Trinajstić information content (AvgIpc) is 3.30. The molecular formula is C21H15ClN2O3. The van der Waals surface area contributed by atoms with Gasteiger partial charge in [-0.25, -0.2) is 4.98 Å². The zero-order chi connectivity index (χ0) is 18.8. The molecule has 4 rings (SSSR count). The molecule has 0 fully saturated rings. The number of aromatic nitrogens is 1. The summed E-state index contributed by atoms with van der Waals surface area (Å²) in [5.41, 5.74) is 3.73. The highest BCUT2D eigenvalue weighted by atomic mass is 35.5. The second-order valence-electron chi connectivity index (χ2n) is 6.02. The van der Waals surface area contributed by atoms with E-state index in [1.54, 1.807) is 42.7 Å². The van der Waals surface area contributed by atoms with E-state index in [0.717, 1.165) is 11.1 Å². The van der Waals surface area contributed by atoms with Crippen LogP contribution in [0.4, 0.5) is 5.69 Å². The van der Waals surface area contributed by atoms with E-state index in [4.69, 9.17) is 20.4 Å². The van der Waals surface area contributed by atoms with Crippen molar-refractivity contribution in [2.75, 3.05) is 5.32 Å². The summed E-state index contributed by atoms with van der Waals surface area (Å²) < 4.78 is 11.0. The number of amides is 1. The Balaban J connectivity index is 1.59. The SMILES string of the molecule is Cc1ccc2oc(-c3cc(NC(=O)C=Cc4ccco4)ccc3Cl)nc2c1. The summed E-state index contributed by atoms with van der Waals surface area (Å²) in [7, 11) is 0. The Morgan fingerprint density at radius 1 is 1.19 bits per heavy atom. The minimum atomic E-state index is -0.284. The molecule has 134 valence electrons. The Morgan fingerprint density at radius 3 is 2.89 bits per heavy atom. The van der Waals surface area contributed by atoms with Crippen LogP contribution in [0, 0.1) is 6.92 Å². The third kappa shape index (κ3) is 3.78. The maximum absolute atomic E-state index is 12.1. The van der Waals surface area contributed by atoms with Crippen LogP contribution in [-0.2, 0) is 4.79 Å². The fourth-order valence-corrected chi connectivity index (χ4v) is 2.85. The van der Waals surface area contributed by atoms with Crippen LogP contribution in [0.25, 0.3) is 28.6 Å². The molecule has 1 amide bonds. The van der Waals surface area contributed by atoms with Crippen molar-refractivity contribution in [1.29, 1.82) is 0 Å². The summed E-state index contributed by atoms with van der Waals surface area (Å²) in [4.78, 5) is 16.6. The van der Waals surface area contributed by atoms with Gasteiger partial charge in [0, 0.05) is 11.8 Å². The zero-order valence-corrected chi connectivity index (χ0v) is 15.2. The Labute approximate surface area is 160 Å². The van der Waals surface area contributed by atoms with E-state index in [1.807, 2.05) is 25.1 Å². The standard InChI is InChI=1S/C21H15ClN2O3/c1-13-4-8-19-18(11-13)24-21(27-19)16-12-14(5-7-17(16)22)23-20(25)9-6-15-3-2-10-26-15/h2-12H,1H3,(H,23,25). The van der Waals surface area contributed by atoms with Crippen molar-refractivity contribution in [3.05, 3.63) is 77.2 Å². The van der Waals surface area contributed by atoms with E-state index < -0.39 is 0 Å². The monoisotopic (exact) mass is 378 g/mol. The molecule has 27 heavy (non-hydrogen) atoms. The molecule has 4 aromatic rings. The first-order valence-electron chi connectivity index (χ1n) is 8.28. The smallest absolute Gasteiger partial charge is 0.248 e. The molecule has 2 heterocycles. The fraction of sp³-hybridized carbons (Fsp3) is 0.0476. The molecule has 0 atom stereocenters. The fourth-order valence-electron chi connectivity index (χ4n) is 2.65. The van der Waals surface area contributed by atoms with Gasteiger partial charge in [0.15, 0.2) is 5.58 Å². The largest absolute Gasteiger partial charge is 0.465 e. The van der Waals surface area contributed by atoms with Crippen LogP contribution in [0.3, 0.4) is 0 Å². The van der Waals surface area contributed by atoms with Gasteiger partial charge in [0.25, 0.3) is 0 Å². The van der Waals surface area contributed by atoms with Crippen LogP contribution in [0.1, 0.15) is 11.3 Å². The molecule has 0 aliphatic heterocycles. The molecule has 0 unspecified atom stereocenters. The van der Waals surface area contributed by atoms with Gasteiger partial charge in [0.1, 0.15) is 11.3 Å². The van der Waals surface area contributed by atoms with Gasteiger partial charge in [0.2, 0.25) is 11.8 Å². The number of oxazole rings is 1. The Hall–Kier alpha value is -3.31. The van der Waals surface area contributed by atoms with E-state index in [1.165, 1.54) is 6.08 Å². The highest BCUT2D eigenvalue weighted by Crippen LogP contribution is 2.32. The number of carbonyl (C=O) groups is 1. The molecule has 0 spiro atoms. The first kappa shape index (κ1) is 17.1. The quantitative estimate of drug-likeness (QED) is 0.462. The van der Waals surface area contributed by atoms with Crippen molar-refractivity contribution >= 4 is 40.4 Å². The predicted octanol–water partition coefficient (Wildman–Crippen LogP) is 5.70. The topological polar surface area (TPSA) is 68.3 Å². The Bertz CT molecular complexity index is 1140. The number of hydrogen-bond donors (Lipinski definition) is 1. The van der Waals surface area contributed by atoms with Crippen LogP contribution < -0.4 is 5.32 Å². The lowest BCUT2D eigenvalue weighted by molar-refractivity contribution is -0.111. The van der Waals surface area contributed by atoms with Crippen molar-refractivity contribution in [2.24, 2.45) is 0 Å². The predicted molar refractivity (Wildman–Crippen MR) is 106 cm³/mol. The Morgan fingerprint density at radius 2 is 2.07 bits per heavy atom.